The fourth-order valence-corrected chi connectivity index (χ4v) is 1.97. The third-order valence-corrected chi connectivity index (χ3v) is 2.92. The molecule has 6 heteroatoms. The van der Waals surface area contributed by atoms with Crippen LogP contribution in [0.5, 0.6) is 0 Å². The van der Waals surface area contributed by atoms with Crippen molar-refractivity contribution in [2.24, 2.45) is 0 Å². The summed E-state index contributed by atoms with van der Waals surface area (Å²) >= 11 is 5.90. The van der Waals surface area contributed by atoms with Crippen molar-refractivity contribution in [1.82, 2.24) is 9.88 Å². The van der Waals surface area contributed by atoms with Crippen molar-refractivity contribution in [2.75, 3.05) is 25.4 Å². The normalized spacial score (nSPS) is 20.4. The number of nitrogens with zero attached hydrogens (tertiary/aromatic N) is 2. The molecular weight excluding hydrogens is 242 g/mol. The molecular formula is C11H14ClN3O2. The minimum atomic E-state index is -0.148. The predicted molar refractivity (Wildman–Crippen MR) is 65.0 cm³/mol. The monoisotopic (exact) mass is 255 g/mol. The van der Waals surface area contributed by atoms with Crippen molar-refractivity contribution < 1.29 is 9.53 Å². The summed E-state index contributed by atoms with van der Waals surface area (Å²) in [6, 6.07) is 1.55. The topological polar surface area (TPSA) is 68.5 Å². The van der Waals surface area contributed by atoms with E-state index >= 15 is 0 Å². The van der Waals surface area contributed by atoms with Gasteiger partial charge >= 0.3 is 0 Å². The summed E-state index contributed by atoms with van der Waals surface area (Å²) in [5, 5.41) is 0.184. The number of hydrogen-bond acceptors (Lipinski definition) is 4. The van der Waals surface area contributed by atoms with Crippen molar-refractivity contribution in [3.63, 3.8) is 0 Å². The van der Waals surface area contributed by atoms with E-state index in [0.29, 0.717) is 30.9 Å². The lowest BCUT2D eigenvalue weighted by atomic mass is 10.2. The lowest BCUT2D eigenvalue weighted by Crippen LogP contribution is -2.44. The van der Waals surface area contributed by atoms with Crippen LogP contribution < -0.4 is 5.73 Å². The molecule has 2 rings (SSSR count). The average Bonchev–Trinajstić information content (AvgIpc) is 2.31. The first-order valence-corrected chi connectivity index (χ1v) is 5.77. The molecule has 1 unspecified atom stereocenters. The number of aromatic nitrogens is 1. The van der Waals surface area contributed by atoms with Gasteiger partial charge in [0.2, 0.25) is 0 Å². The van der Waals surface area contributed by atoms with Crippen LogP contribution in [0.15, 0.2) is 12.3 Å². The molecule has 1 fully saturated rings. The highest BCUT2D eigenvalue weighted by molar-refractivity contribution is 6.32. The van der Waals surface area contributed by atoms with Crippen molar-refractivity contribution in [3.8, 4) is 0 Å². The fourth-order valence-electron chi connectivity index (χ4n) is 1.79. The number of hydrogen-bond donors (Lipinski definition) is 1. The molecule has 1 aliphatic rings. The summed E-state index contributed by atoms with van der Waals surface area (Å²) in [5.41, 5.74) is 6.38. The average molecular weight is 256 g/mol. The number of nitrogens with two attached hydrogens (primary N) is 1. The van der Waals surface area contributed by atoms with Gasteiger partial charge in [-0.25, -0.2) is 4.98 Å². The number of rotatable bonds is 1. The molecule has 0 aromatic carbocycles. The summed E-state index contributed by atoms with van der Waals surface area (Å²) in [4.78, 5) is 17.8. The highest BCUT2D eigenvalue weighted by Gasteiger charge is 2.24. The van der Waals surface area contributed by atoms with Gasteiger partial charge in [0.25, 0.3) is 5.91 Å². The van der Waals surface area contributed by atoms with Crippen LogP contribution in [0, 0.1) is 0 Å². The number of pyridine rings is 1. The summed E-state index contributed by atoms with van der Waals surface area (Å²) in [7, 11) is 0. The van der Waals surface area contributed by atoms with Crippen molar-refractivity contribution in [3.05, 3.63) is 23.0 Å². The Morgan fingerprint density at radius 1 is 1.71 bits per heavy atom. The van der Waals surface area contributed by atoms with Crippen LogP contribution in [0.4, 0.5) is 5.69 Å². The van der Waals surface area contributed by atoms with Gasteiger partial charge in [0.15, 0.2) is 0 Å². The Bertz CT molecular complexity index is 439. The number of nitrogen functional groups attached to an aromatic ring is 1. The minimum Gasteiger partial charge on any atom is -0.397 e. The molecule has 1 aliphatic heterocycles. The molecule has 0 radical (unpaired) electrons. The van der Waals surface area contributed by atoms with E-state index in [4.69, 9.17) is 22.1 Å². The van der Waals surface area contributed by atoms with E-state index in [-0.39, 0.29) is 17.2 Å². The molecule has 5 nitrogen and oxygen atoms in total. The SMILES string of the molecule is CC1CN(C(=O)c2cc(N)cnc2Cl)CCO1. The summed E-state index contributed by atoms with van der Waals surface area (Å²) in [6.45, 7) is 3.59. The largest absolute Gasteiger partial charge is 0.397 e. The van der Waals surface area contributed by atoms with Crippen LogP contribution in [0.25, 0.3) is 0 Å². The molecule has 92 valence electrons. The lowest BCUT2D eigenvalue weighted by molar-refractivity contribution is -0.0124. The number of amides is 1. The molecule has 0 bridgehead atoms. The van der Waals surface area contributed by atoms with E-state index in [2.05, 4.69) is 4.98 Å². The maximum atomic E-state index is 12.2. The number of carbonyl (C=O) groups excluding carboxylic acids is 1. The Hall–Kier alpha value is -1.33. The van der Waals surface area contributed by atoms with E-state index in [1.54, 1.807) is 11.0 Å². The predicted octanol–water partition coefficient (Wildman–Crippen LogP) is 1.18. The van der Waals surface area contributed by atoms with Crippen molar-refractivity contribution >= 4 is 23.2 Å². The number of halogens is 1. The molecule has 1 amide bonds. The number of carbonyl (C=O) groups is 1. The summed E-state index contributed by atoms with van der Waals surface area (Å²) in [6.07, 6.45) is 1.47. The number of morpholine rings is 1. The van der Waals surface area contributed by atoms with E-state index in [1.165, 1.54) is 6.20 Å². The number of anilines is 1. The molecule has 2 heterocycles. The second-order valence-electron chi connectivity index (χ2n) is 4.04. The molecule has 1 aromatic rings. The van der Waals surface area contributed by atoms with Crippen LogP contribution >= 0.6 is 11.6 Å². The van der Waals surface area contributed by atoms with Crippen LogP contribution in [-0.2, 0) is 4.74 Å². The third-order valence-electron chi connectivity index (χ3n) is 2.62. The Morgan fingerprint density at radius 3 is 3.18 bits per heavy atom. The Morgan fingerprint density at radius 2 is 2.47 bits per heavy atom. The van der Waals surface area contributed by atoms with Crippen LogP contribution in [0.2, 0.25) is 5.15 Å². The molecule has 0 spiro atoms. The van der Waals surface area contributed by atoms with Crippen molar-refractivity contribution in [2.45, 2.75) is 13.0 Å². The van der Waals surface area contributed by atoms with Gasteiger partial charge in [-0.15, -0.1) is 0 Å². The second-order valence-corrected chi connectivity index (χ2v) is 4.40. The second kappa shape index (κ2) is 4.89. The van der Waals surface area contributed by atoms with E-state index in [9.17, 15) is 4.79 Å². The Balaban J connectivity index is 2.21. The minimum absolute atomic E-state index is 0.0421. The van der Waals surface area contributed by atoms with E-state index in [0.717, 1.165) is 0 Å². The number of ether oxygens (including phenoxy) is 1. The van der Waals surface area contributed by atoms with E-state index in [1.807, 2.05) is 6.92 Å². The highest BCUT2D eigenvalue weighted by atomic mass is 35.5. The quantitative estimate of drug-likeness (QED) is 0.765. The Kier molecular flexibility index (Phi) is 3.49. The molecule has 0 saturated carbocycles. The first kappa shape index (κ1) is 12.1. The Labute approximate surface area is 105 Å². The molecule has 1 aromatic heterocycles. The first-order chi connectivity index (χ1) is 8.08. The highest BCUT2D eigenvalue weighted by Crippen LogP contribution is 2.19. The molecule has 1 atom stereocenters. The zero-order chi connectivity index (χ0) is 12.4. The van der Waals surface area contributed by atoms with Crippen LogP contribution in [0.3, 0.4) is 0 Å². The van der Waals surface area contributed by atoms with Crippen LogP contribution in [0.1, 0.15) is 17.3 Å². The summed E-state index contributed by atoms with van der Waals surface area (Å²) < 4.78 is 5.38. The van der Waals surface area contributed by atoms with Gasteiger partial charge in [0, 0.05) is 13.1 Å². The maximum Gasteiger partial charge on any atom is 0.257 e. The molecule has 1 saturated heterocycles. The lowest BCUT2D eigenvalue weighted by Gasteiger charge is -2.31. The standard InChI is InChI=1S/C11H14ClN3O2/c1-7-6-15(2-3-17-7)11(16)9-4-8(13)5-14-10(9)12/h4-5,7H,2-3,6,13H2,1H3. The van der Waals surface area contributed by atoms with Gasteiger partial charge in [0.05, 0.1) is 30.2 Å². The van der Waals surface area contributed by atoms with E-state index < -0.39 is 0 Å². The van der Waals surface area contributed by atoms with Gasteiger partial charge in [-0.2, -0.15) is 0 Å². The van der Waals surface area contributed by atoms with Gasteiger partial charge in [-0.3, -0.25) is 4.79 Å². The van der Waals surface area contributed by atoms with Crippen LogP contribution in [-0.4, -0.2) is 41.6 Å². The zero-order valence-corrected chi connectivity index (χ0v) is 10.3. The van der Waals surface area contributed by atoms with Gasteiger partial charge < -0.3 is 15.4 Å². The summed E-state index contributed by atoms with van der Waals surface area (Å²) in [5.74, 6) is -0.148. The van der Waals surface area contributed by atoms with Gasteiger partial charge in [-0.1, -0.05) is 11.6 Å². The molecule has 0 aliphatic carbocycles. The molecule has 17 heavy (non-hydrogen) atoms. The zero-order valence-electron chi connectivity index (χ0n) is 9.52. The van der Waals surface area contributed by atoms with Gasteiger partial charge in [-0.05, 0) is 13.0 Å². The first-order valence-electron chi connectivity index (χ1n) is 5.40. The maximum absolute atomic E-state index is 12.2. The smallest absolute Gasteiger partial charge is 0.257 e. The van der Waals surface area contributed by atoms with Crippen molar-refractivity contribution in [1.29, 1.82) is 0 Å². The van der Waals surface area contributed by atoms with Gasteiger partial charge in [0.1, 0.15) is 5.15 Å². The molecule has 2 N–H and O–H groups in total. The fraction of sp³-hybridized carbons (Fsp3) is 0.455. The third kappa shape index (κ3) is 2.68.